The number of carbonyl (C=O) groups is 1. The largest absolute Gasteiger partial charge is 0.332 e. The van der Waals surface area contributed by atoms with Crippen LogP contribution in [0.15, 0.2) is 6.33 Å². The van der Waals surface area contributed by atoms with E-state index in [4.69, 9.17) is 0 Å². The van der Waals surface area contributed by atoms with E-state index in [1.807, 2.05) is 6.92 Å². The molecule has 1 aliphatic rings. The van der Waals surface area contributed by atoms with Gasteiger partial charge >= 0.3 is 0 Å². The van der Waals surface area contributed by atoms with Crippen molar-refractivity contribution in [3.63, 3.8) is 0 Å². The summed E-state index contributed by atoms with van der Waals surface area (Å²) in [5.74, 6) is 0.137. The third-order valence-electron chi connectivity index (χ3n) is 2.35. The van der Waals surface area contributed by atoms with Gasteiger partial charge in [-0.15, -0.1) is 0 Å². The molecule has 0 atom stereocenters. The Morgan fingerprint density at radius 1 is 1.77 bits per heavy atom. The Kier molecular flexibility index (Phi) is 2.14. The predicted octanol–water partition coefficient (Wildman–Crippen LogP) is 0.579. The number of hydrogen-bond donors (Lipinski definition) is 1. The van der Waals surface area contributed by atoms with E-state index in [1.165, 1.54) is 0 Å². The van der Waals surface area contributed by atoms with Gasteiger partial charge in [0.1, 0.15) is 5.69 Å². The maximum atomic E-state index is 11.4. The molecular weight excluding hydrogens is 166 g/mol. The first-order valence-electron chi connectivity index (χ1n) is 4.61. The van der Waals surface area contributed by atoms with Crippen LogP contribution in [-0.4, -0.2) is 21.9 Å². The lowest BCUT2D eigenvalue weighted by atomic mass is 10.2. The van der Waals surface area contributed by atoms with Crippen molar-refractivity contribution >= 4 is 5.78 Å². The van der Waals surface area contributed by atoms with Crippen molar-refractivity contribution in [1.82, 2.24) is 14.9 Å². The Morgan fingerprint density at radius 2 is 2.62 bits per heavy atom. The predicted molar refractivity (Wildman–Crippen MR) is 48.6 cm³/mol. The van der Waals surface area contributed by atoms with E-state index >= 15 is 0 Å². The molecule has 0 unspecified atom stereocenters. The van der Waals surface area contributed by atoms with Gasteiger partial charge < -0.3 is 9.88 Å². The van der Waals surface area contributed by atoms with E-state index in [9.17, 15) is 4.79 Å². The molecule has 70 valence electrons. The summed E-state index contributed by atoms with van der Waals surface area (Å²) in [5.41, 5.74) is 1.69. The van der Waals surface area contributed by atoms with E-state index < -0.39 is 0 Å². The molecule has 0 radical (unpaired) electrons. The number of Topliss-reactive ketones (excluding diaryl/α,β-unsaturated/α-hetero) is 1. The molecule has 4 heteroatoms. The highest BCUT2D eigenvalue weighted by Gasteiger charge is 2.18. The van der Waals surface area contributed by atoms with Crippen LogP contribution in [-0.2, 0) is 13.1 Å². The Labute approximate surface area is 77.0 Å². The van der Waals surface area contributed by atoms with Gasteiger partial charge in [-0.25, -0.2) is 4.98 Å². The number of carbonyl (C=O) groups excluding carboxylic acids is 1. The number of nitrogens with zero attached hydrogens (tertiary/aromatic N) is 2. The second-order valence-electron chi connectivity index (χ2n) is 3.19. The van der Waals surface area contributed by atoms with Gasteiger partial charge in [0.15, 0.2) is 5.78 Å². The average Bonchev–Trinajstić information content (AvgIpc) is 2.60. The first-order chi connectivity index (χ1) is 6.33. The summed E-state index contributed by atoms with van der Waals surface area (Å²) < 4.78 is 2.05. The monoisotopic (exact) mass is 179 g/mol. The third kappa shape index (κ3) is 1.37. The van der Waals surface area contributed by atoms with Crippen LogP contribution in [0.3, 0.4) is 0 Å². The molecule has 0 saturated carbocycles. The molecule has 0 aromatic carbocycles. The van der Waals surface area contributed by atoms with Crippen LogP contribution in [0.25, 0.3) is 0 Å². The van der Waals surface area contributed by atoms with Crippen molar-refractivity contribution in [3.8, 4) is 0 Å². The van der Waals surface area contributed by atoms with Crippen LogP contribution in [0, 0.1) is 0 Å². The van der Waals surface area contributed by atoms with E-state index in [0.717, 1.165) is 25.3 Å². The SMILES string of the molecule is CCC(=O)c1ncn2c1CNCC2. The molecule has 1 N–H and O–H groups in total. The Bertz CT molecular complexity index is 330. The Hall–Kier alpha value is -1.16. The van der Waals surface area contributed by atoms with Crippen molar-refractivity contribution in [3.05, 3.63) is 17.7 Å². The smallest absolute Gasteiger partial charge is 0.182 e. The standard InChI is InChI=1S/C9H13N3O/c1-2-8(13)9-7-5-10-3-4-12(7)6-11-9/h6,10H,2-5H2,1H3. The summed E-state index contributed by atoms with van der Waals surface area (Å²) in [6, 6.07) is 0. The second kappa shape index (κ2) is 3.30. The van der Waals surface area contributed by atoms with Crippen molar-refractivity contribution < 1.29 is 4.79 Å². The van der Waals surface area contributed by atoms with Gasteiger partial charge in [0.05, 0.1) is 12.0 Å². The van der Waals surface area contributed by atoms with E-state index in [2.05, 4.69) is 14.9 Å². The molecule has 0 saturated heterocycles. The molecule has 0 amide bonds. The average molecular weight is 179 g/mol. The van der Waals surface area contributed by atoms with Crippen LogP contribution >= 0.6 is 0 Å². The molecule has 1 aliphatic heterocycles. The van der Waals surface area contributed by atoms with Crippen molar-refractivity contribution in [1.29, 1.82) is 0 Å². The number of imidazole rings is 1. The fourth-order valence-corrected chi connectivity index (χ4v) is 1.59. The lowest BCUT2D eigenvalue weighted by molar-refractivity contribution is 0.0982. The van der Waals surface area contributed by atoms with Gasteiger partial charge in [-0.3, -0.25) is 4.79 Å². The van der Waals surface area contributed by atoms with Crippen LogP contribution in [0.1, 0.15) is 29.5 Å². The highest BCUT2D eigenvalue weighted by molar-refractivity contribution is 5.95. The summed E-state index contributed by atoms with van der Waals surface area (Å²) >= 11 is 0. The maximum Gasteiger partial charge on any atom is 0.182 e. The fraction of sp³-hybridized carbons (Fsp3) is 0.556. The van der Waals surface area contributed by atoms with E-state index in [1.54, 1.807) is 6.33 Å². The Morgan fingerprint density at radius 3 is 3.38 bits per heavy atom. The molecule has 0 spiro atoms. The second-order valence-corrected chi connectivity index (χ2v) is 3.19. The summed E-state index contributed by atoms with van der Waals surface area (Å²) in [7, 11) is 0. The minimum absolute atomic E-state index is 0.137. The number of ketones is 1. The normalized spacial score (nSPS) is 15.5. The van der Waals surface area contributed by atoms with Crippen LogP contribution in [0.4, 0.5) is 0 Å². The van der Waals surface area contributed by atoms with Gasteiger partial charge in [0.2, 0.25) is 0 Å². The molecular formula is C9H13N3O. The zero-order chi connectivity index (χ0) is 9.26. The zero-order valence-corrected chi connectivity index (χ0v) is 7.71. The molecule has 0 bridgehead atoms. The van der Waals surface area contributed by atoms with Crippen molar-refractivity contribution in [2.24, 2.45) is 0 Å². The van der Waals surface area contributed by atoms with E-state index in [0.29, 0.717) is 12.1 Å². The highest BCUT2D eigenvalue weighted by Crippen LogP contribution is 2.12. The lowest BCUT2D eigenvalue weighted by Crippen LogP contribution is -2.28. The first-order valence-corrected chi connectivity index (χ1v) is 4.61. The van der Waals surface area contributed by atoms with Gasteiger partial charge in [-0.1, -0.05) is 6.92 Å². The molecule has 1 aromatic heterocycles. The van der Waals surface area contributed by atoms with Crippen molar-refractivity contribution in [2.45, 2.75) is 26.4 Å². The third-order valence-corrected chi connectivity index (χ3v) is 2.35. The molecule has 0 aliphatic carbocycles. The first kappa shape index (κ1) is 8.44. The van der Waals surface area contributed by atoms with Gasteiger partial charge in [-0.05, 0) is 0 Å². The molecule has 2 rings (SSSR count). The van der Waals surface area contributed by atoms with Gasteiger partial charge in [0.25, 0.3) is 0 Å². The highest BCUT2D eigenvalue weighted by atomic mass is 16.1. The van der Waals surface area contributed by atoms with E-state index in [-0.39, 0.29) is 5.78 Å². The Balaban J connectivity index is 2.36. The van der Waals surface area contributed by atoms with Crippen LogP contribution in [0.2, 0.25) is 0 Å². The molecule has 13 heavy (non-hydrogen) atoms. The molecule has 1 aromatic rings. The fourth-order valence-electron chi connectivity index (χ4n) is 1.59. The maximum absolute atomic E-state index is 11.4. The summed E-state index contributed by atoms with van der Waals surface area (Å²) in [6.07, 6.45) is 2.29. The quantitative estimate of drug-likeness (QED) is 0.675. The topological polar surface area (TPSA) is 46.9 Å². The number of fused-ring (bicyclic) bond motifs is 1. The van der Waals surface area contributed by atoms with Crippen LogP contribution < -0.4 is 5.32 Å². The molecule has 2 heterocycles. The molecule has 0 fully saturated rings. The number of nitrogens with one attached hydrogen (secondary N) is 1. The minimum atomic E-state index is 0.137. The van der Waals surface area contributed by atoms with Crippen LogP contribution in [0.5, 0.6) is 0 Å². The lowest BCUT2D eigenvalue weighted by Gasteiger charge is -2.15. The van der Waals surface area contributed by atoms with Crippen molar-refractivity contribution in [2.75, 3.05) is 6.54 Å². The number of rotatable bonds is 2. The summed E-state index contributed by atoms with van der Waals surface area (Å²) in [4.78, 5) is 15.6. The van der Waals surface area contributed by atoms with Gasteiger partial charge in [-0.2, -0.15) is 0 Å². The number of aromatic nitrogens is 2. The summed E-state index contributed by atoms with van der Waals surface area (Å²) in [5, 5.41) is 3.23. The zero-order valence-electron chi connectivity index (χ0n) is 7.71. The van der Waals surface area contributed by atoms with Gasteiger partial charge in [0, 0.05) is 26.1 Å². The number of hydrogen-bond acceptors (Lipinski definition) is 3. The minimum Gasteiger partial charge on any atom is -0.332 e. The molecule has 4 nitrogen and oxygen atoms in total. The summed E-state index contributed by atoms with van der Waals surface area (Å²) in [6.45, 7) is 4.51.